The fourth-order valence-corrected chi connectivity index (χ4v) is 1.97. The van der Waals surface area contributed by atoms with Gasteiger partial charge in [-0.2, -0.15) is 0 Å². The molecule has 0 radical (unpaired) electrons. The number of hydrogen-bond acceptors (Lipinski definition) is 4. The number of nitrogen functional groups attached to an aromatic ring is 1. The zero-order valence-electron chi connectivity index (χ0n) is 12.5. The van der Waals surface area contributed by atoms with Crippen LogP contribution in [-0.2, 0) is 16.1 Å². The van der Waals surface area contributed by atoms with Gasteiger partial charge in [-0.3, -0.25) is 4.79 Å². The highest BCUT2D eigenvalue weighted by molar-refractivity contribution is 5.92. The number of carbonyl (C=O) groups is 1. The summed E-state index contributed by atoms with van der Waals surface area (Å²) in [7, 11) is 1.55. The third-order valence-electron chi connectivity index (χ3n) is 3.08. The third-order valence-corrected chi connectivity index (χ3v) is 3.08. The first kappa shape index (κ1) is 15.9. The van der Waals surface area contributed by atoms with E-state index in [1.807, 2.05) is 30.3 Å². The number of benzene rings is 2. The Balaban J connectivity index is 1.77. The summed E-state index contributed by atoms with van der Waals surface area (Å²) in [6, 6.07) is 14.9. The Morgan fingerprint density at radius 1 is 1.18 bits per heavy atom. The van der Waals surface area contributed by atoms with E-state index in [1.165, 1.54) is 0 Å². The number of ether oxygens (including phenoxy) is 2. The molecule has 0 bridgehead atoms. The van der Waals surface area contributed by atoms with E-state index >= 15 is 0 Å². The predicted molar refractivity (Wildman–Crippen MR) is 86.8 cm³/mol. The van der Waals surface area contributed by atoms with Crippen LogP contribution in [0.5, 0.6) is 5.75 Å². The SMILES string of the molecule is COc1ccc(N)cc1NC(=O)CCOCc1ccccc1. The van der Waals surface area contributed by atoms with Gasteiger partial charge in [-0.15, -0.1) is 0 Å². The van der Waals surface area contributed by atoms with Crippen molar-refractivity contribution in [1.29, 1.82) is 0 Å². The van der Waals surface area contributed by atoms with Gasteiger partial charge < -0.3 is 20.5 Å². The fraction of sp³-hybridized carbons (Fsp3) is 0.235. The van der Waals surface area contributed by atoms with Crippen LogP contribution < -0.4 is 15.8 Å². The largest absolute Gasteiger partial charge is 0.495 e. The van der Waals surface area contributed by atoms with Gasteiger partial charge in [0.15, 0.2) is 0 Å². The second kappa shape index (κ2) is 8.05. The molecule has 5 nitrogen and oxygen atoms in total. The molecule has 22 heavy (non-hydrogen) atoms. The van der Waals surface area contributed by atoms with E-state index in [0.717, 1.165) is 5.56 Å². The van der Waals surface area contributed by atoms with Gasteiger partial charge in [-0.1, -0.05) is 30.3 Å². The maximum Gasteiger partial charge on any atom is 0.226 e. The Bertz CT molecular complexity index is 615. The summed E-state index contributed by atoms with van der Waals surface area (Å²) in [4.78, 5) is 11.9. The van der Waals surface area contributed by atoms with Gasteiger partial charge in [0.05, 0.1) is 32.4 Å². The van der Waals surface area contributed by atoms with E-state index in [4.69, 9.17) is 15.2 Å². The van der Waals surface area contributed by atoms with Crippen molar-refractivity contribution in [3.63, 3.8) is 0 Å². The summed E-state index contributed by atoms with van der Waals surface area (Å²) < 4.78 is 10.7. The number of hydrogen-bond donors (Lipinski definition) is 2. The average molecular weight is 300 g/mol. The maximum atomic E-state index is 11.9. The molecule has 0 unspecified atom stereocenters. The molecule has 2 rings (SSSR count). The van der Waals surface area contributed by atoms with Crippen LogP contribution in [0.25, 0.3) is 0 Å². The van der Waals surface area contributed by atoms with Crippen LogP contribution in [0.15, 0.2) is 48.5 Å². The molecule has 0 aliphatic carbocycles. The minimum atomic E-state index is -0.142. The monoisotopic (exact) mass is 300 g/mol. The van der Waals surface area contributed by atoms with Crippen LogP contribution in [-0.4, -0.2) is 19.6 Å². The standard InChI is InChI=1S/C17H20N2O3/c1-21-16-8-7-14(18)11-15(16)19-17(20)9-10-22-12-13-5-3-2-4-6-13/h2-8,11H,9-10,12,18H2,1H3,(H,19,20). The Labute approximate surface area is 130 Å². The summed E-state index contributed by atoms with van der Waals surface area (Å²) in [5.74, 6) is 0.435. The zero-order chi connectivity index (χ0) is 15.8. The number of anilines is 2. The van der Waals surface area contributed by atoms with Crippen molar-refractivity contribution in [2.24, 2.45) is 0 Å². The van der Waals surface area contributed by atoms with Crippen molar-refractivity contribution in [2.45, 2.75) is 13.0 Å². The second-order valence-corrected chi connectivity index (χ2v) is 4.80. The molecule has 0 spiro atoms. The van der Waals surface area contributed by atoms with E-state index in [2.05, 4.69) is 5.32 Å². The summed E-state index contributed by atoms with van der Waals surface area (Å²) in [6.07, 6.45) is 0.269. The van der Waals surface area contributed by atoms with Crippen LogP contribution in [0, 0.1) is 0 Å². The van der Waals surface area contributed by atoms with Crippen molar-refractivity contribution >= 4 is 17.3 Å². The average Bonchev–Trinajstić information content (AvgIpc) is 2.53. The Kier molecular flexibility index (Phi) is 5.80. The molecule has 0 heterocycles. The lowest BCUT2D eigenvalue weighted by Gasteiger charge is -2.11. The van der Waals surface area contributed by atoms with Crippen LogP contribution in [0.3, 0.4) is 0 Å². The molecule has 116 valence electrons. The first-order chi connectivity index (χ1) is 10.7. The molecule has 5 heteroatoms. The number of amides is 1. The fourth-order valence-electron chi connectivity index (χ4n) is 1.97. The van der Waals surface area contributed by atoms with Gasteiger partial charge in [0, 0.05) is 5.69 Å². The van der Waals surface area contributed by atoms with Crippen molar-refractivity contribution in [3.05, 3.63) is 54.1 Å². The van der Waals surface area contributed by atoms with Crippen LogP contribution in [0.1, 0.15) is 12.0 Å². The minimum Gasteiger partial charge on any atom is -0.495 e. The summed E-state index contributed by atoms with van der Waals surface area (Å²) in [5, 5.41) is 2.78. The Hall–Kier alpha value is -2.53. The molecular weight excluding hydrogens is 280 g/mol. The lowest BCUT2D eigenvalue weighted by molar-refractivity contribution is -0.117. The predicted octanol–water partition coefficient (Wildman–Crippen LogP) is 2.82. The van der Waals surface area contributed by atoms with Gasteiger partial charge in [-0.25, -0.2) is 0 Å². The summed E-state index contributed by atoms with van der Waals surface area (Å²) >= 11 is 0. The number of carbonyl (C=O) groups excluding carboxylic acids is 1. The van der Waals surface area contributed by atoms with Gasteiger partial charge >= 0.3 is 0 Å². The summed E-state index contributed by atoms with van der Waals surface area (Å²) in [5.41, 5.74) is 7.93. The molecule has 0 aromatic heterocycles. The van der Waals surface area contributed by atoms with Crippen molar-refractivity contribution in [3.8, 4) is 5.75 Å². The van der Waals surface area contributed by atoms with Crippen molar-refractivity contribution in [2.75, 3.05) is 24.8 Å². The molecule has 2 aromatic rings. The van der Waals surface area contributed by atoms with Crippen LogP contribution in [0.2, 0.25) is 0 Å². The van der Waals surface area contributed by atoms with Gasteiger partial charge in [0.25, 0.3) is 0 Å². The lowest BCUT2D eigenvalue weighted by Crippen LogP contribution is -2.15. The molecule has 1 amide bonds. The van der Waals surface area contributed by atoms with Gasteiger partial charge in [-0.05, 0) is 23.8 Å². The van der Waals surface area contributed by atoms with E-state index in [1.54, 1.807) is 25.3 Å². The maximum absolute atomic E-state index is 11.9. The highest BCUT2D eigenvalue weighted by Crippen LogP contribution is 2.26. The summed E-state index contributed by atoms with van der Waals surface area (Å²) in [6.45, 7) is 0.848. The lowest BCUT2D eigenvalue weighted by atomic mass is 10.2. The number of nitrogens with two attached hydrogens (primary N) is 1. The van der Waals surface area contributed by atoms with E-state index in [-0.39, 0.29) is 12.3 Å². The number of nitrogens with one attached hydrogen (secondary N) is 1. The van der Waals surface area contributed by atoms with Crippen LogP contribution in [0.4, 0.5) is 11.4 Å². The molecular formula is C17H20N2O3. The zero-order valence-corrected chi connectivity index (χ0v) is 12.5. The number of methoxy groups -OCH3 is 1. The topological polar surface area (TPSA) is 73.6 Å². The smallest absolute Gasteiger partial charge is 0.226 e. The molecule has 0 saturated carbocycles. The molecule has 2 aromatic carbocycles. The quantitative estimate of drug-likeness (QED) is 0.609. The second-order valence-electron chi connectivity index (χ2n) is 4.80. The van der Waals surface area contributed by atoms with Gasteiger partial charge in [0.1, 0.15) is 5.75 Å². The third kappa shape index (κ3) is 4.79. The molecule has 3 N–H and O–H groups in total. The van der Waals surface area contributed by atoms with E-state index in [0.29, 0.717) is 30.3 Å². The van der Waals surface area contributed by atoms with E-state index in [9.17, 15) is 4.79 Å². The van der Waals surface area contributed by atoms with Crippen molar-refractivity contribution < 1.29 is 14.3 Å². The molecule has 0 saturated heterocycles. The first-order valence-corrected chi connectivity index (χ1v) is 7.04. The highest BCUT2D eigenvalue weighted by Gasteiger charge is 2.08. The van der Waals surface area contributed by atoms with E-state index < -0.39 is 0 Å². The Morgan fingerprint density at radius 3 is 2.68 bits per heavy atom. The molecule has 0 aliphatic heterocycles. The van der Waals surface area contributed by atoms with Crippen LogP contribution >= 0.6 is 0 Å². The first-order valence-electron chi connectivity index (χ1n) is 7.04. The number of rotatable bonds is 7. The molecule has 0 atom stereocenters. The minimum absolute atomic E-state index is 0.142. The molecule has 0 fully saturated rings. The highest BCUT2D eigenvalue weighted by atomic mass is 16.5. The normalized spacial score (nSPS) is 10.2. The Morgan fingerprint density at radius 2 is 1.95 bits per heavy atom. The molecule has 0 aliphatic rings. The van der Waals surface area contributed by atoms with Crippen molar-refractivity contribution in [1.82, 2.24) is 0 Å². The van der Waals surface area contributed by atoms with Gasteiger partial charge in [0.2, 0.25) is 5.91 Å².